The lowest BCUT2D eigenvalue weighted by Crippen LogP contribution is -2.34. The van der Waals surface area contributed by atoms with E-state index in [1.165, 1.54) is 13.8 Å². The van der Waals surface area contributed by atoms with Crippen LogP contribution in [0.1, 0.15) is 33.6 Å². The second kappa shape index (κ2) is 53.1. The van der Waals surface area contributed by atoms with Crippen molar-refractivity contribution in [3.63, 3.8) is 0 Å². The molecule has 0 aromatic heterocycles. The number of carbonyl (C=O) groups is 2. The summed E-state index contributed by atoms with van der Waals surface area (Å²) in [5.41, 5.74) is -1.23. The van der Waals surface area contributed by atoms with Crippen LogP contribution in [-0.4, -0.2) is 257 Å². The molecule has 2 unspecified atom stereocenters. The van der Waals surface area contributed by atoms with Gasteiger partial charge in [0.25, 0.3) is 0 Å². The summed E-state index contributed by atoms with van der Waals surface area (Å²) in [4.78, 5) is 25.3. The SMILES string of the molecule is CCC(C)(CC(C)C(=O)Oc1c(F)c(F)c(F)c(F)c1F)C(=O)OCCOCCOCCOCCOCCOCCOCCOCCOCCOCCOCCOCCOCCOCCOCCOCCOCCOCCOC. The molecule has 0 bridgehead atoms. The maximum Gasteiger partial charge on any atom is 0.314 e. The molecular weight excluding hydrogens is 1070 g/mol. The van der Waals surface area contributed by atoms with E-state index in [4.69, 9.17) is 90.0 Å². The van der Waals surface area contributed by atoms with Gasteiger partial charge in [0.1, 0.15) is 6.61 Å². The van der Waals surface area contributed by atoms with E-state index in [0.717, 1.165) is 0 Å². The average Bonchev–Trinajstić information content (AvgIpc) is 3.45. The molecule has 0 saturated heterocycles. The molecule has 1 aromatic rings. The maximum atomic E-state index is 14.0. The number of benzene rings is 1. The summed E-state index contributed by atoms with van der Waals surface area (Å²) in [6, 6.07) is 0. The van der Waals surface area contributed by atoms with E-state index in [-0.39, 0.29) is 39.3 Å². The molecule has 1 rings (SSSR count). The van der Waals surface area contributed by atoms with E-state index < -0.39 is 58.1 Å². The van der Waals surface area contributed by atoms with Crippen LogP contribution >= 0.6 is 0 Å². The molecule has 22 nitrogen and oxygen atoms in total. The minimum absolute atomic E-state index is 0.0568. The standard InChI is InChI=1S/C52H89F5O22/c1-5-52(3,42-43(2)50(58)79-49-47(56)45(54)44(53)46(55)48(49)57)51(59)78-41-40-77-39-38-76-37-36-75-35-34-74-33-32-73-31-30-72-29-28-71-27-26-70-25-24-69-23-22-68-21-20-67-19-18-66-17-16-65-15-14-64-13-12-63-11-10-62-9-8-61-7-6-60-4/h43H,5-42H2,1-4H3. The summed E-state index contributed by atoms with van der Waals surface area (Å²) in [5.74, 6) is -16.3. The number of hydrogen-bond acceptors (Lipinski definition) is 22. The van der Waals surface area contributed by atoms with Gasteiger partial charge in [0.15, 0.2) is 0 Å². The number of esters is 2. The Morgan fingerprint density at radius 3 is 0.772 bits per heavy atom. The Hall–Kier alpha value is -2.91. The fourth-order valence-corrected chi connectivity index (χ4v) is 6.14. The van der Waals surface area contributed by atoms with Gasteiger partial charge in [-0.05, 0) is 19.8 Å². The number of methoxy groups -OCH3 is 1. The summed E-state index contributed by atoms with van der Waals surface area (Å²) in [6.07, 6.45) is 0.00993. The molecule has 0 radical (unpaired) electrons. The predicted octanol–water partition coefficient (Wildman–Crippen LogP) is 4.20. The lowest BCUT2D eigenvalue weighted by atomic mass is 9.79. The largest absolute Gasteiger partial charge is 0.463 e. The Balaban J connectivity index is 1.75. The van der Waals surface area contributed by atoms with E-state index in [1.807, 2.05) is 0 Å². The van der Waals surface area contributed by atoms with Crippen LogP contribution < -0.4 is 4.74 Å². The minimum atomic E-state index is -2.38. The average molecular weight is 1160 g/mol. The van der Waals surface area contributed by atoms with Crippen molar-refractivity contribution in [2.24, 2.45) is 11.3 Å². The Morgan fingerprint density at radius 2 is 0.557 bits per heavy atom. The first kappa shape index (κ1) is 74.1. The van der Waals surface area contributed by atoms with Crippen molar-refractivity contribution in [1.82, 2.24) is 0 Å². The van der Waals surface area contributed by atoms with Gasteiger partial charge in [-0.2, -0.15) is 8.78 Å². The van der Waals surface area contributed by atoms with Crippen LogP contribution in [0.2, 0.25) is 0 Å². The maximum absolute atomic E-state index is 14.0. The van der Waals surface area contributed by atoms with Crippen molar-refractivity contribution < 1.29 is 126 Å². The van der Waals surface area contributed by atoms with Crippen molar-refractivity contribution in [3.05, 3.63) is 29.1 Å². The predicted molar refractivity (Wildman–Crippen MR) is 271 cm³/mol. The van der Waals surface area contributed by atoms with Gasteiger partial charge < -0.3 is 94.7 Å². The molecule has 0 aliphatic rings. The highest BCUT2D eigenvalue weighted by atomic mass is 19.2. The first-order valence-electron chi connectivity index (χ1n) is 26.7. The molecule has 1 aromatic carbocycles. The van der Waals surface area contributed by atoms with E-state index in [1.54, 1.807) is 14.0 Å². The normalized spacial score (nSPS) is 12.8. The van der Waals surface area contributed by atoms with Crippen LogP contribution in [0, 0.1) is 40.4 Å². The van der Waals surface area contributed by atoms with E-state index in [9.17, 15) is 31.5 Å². The van der Waals surface area contributed by atoms with Gasteiger partial charge in [-0.25, -0.2) is 13.2 Å². The summed E-state index contributed by atoms with van der Waals surface area (Å²) in [6.45, 7) is 19.7. The number of hydrogen-bond donors (Lipinski definition) is 0. The number of rotatable bonds is 60. The van der Waals surface area contributed by atoms with Gasteiger partial charge in [-0.1, -0.05) is 13.8 Å². The monoisotopic (exact) mass is 1160 g/mol. The van der Waals surface area contributed by atoms with E-state index in [2.05, 4.69) is 4.74 Å². The van der Waals surface area contributed by atoms with Gasteiger partial charge in [0.2, 0.25) is 34.8 Å². The zero-order valence-electron chi connectivity index (χ0n) is 46.8. The molecule has 464 valence electrons. The van der Waals surface area contributed by atoms with Crippen molar-refractivity contribution >= 4 is 11.9 Å². The third kappa shape index (κ3) is 40.9. The third-order valence-electron chi connectivity index (χ3n) is 10.6. The minimum Gasteiger partial charge on any atom is -0.463 e. The topological polar surface area (TPSA) is 219 Å². The van der Waals surface area contributed by atoms with E-state index >= 15 is 0 Å². The van der Waals surface area contributed by atoms with Gasteiger partial charge in [0.05, 0.1) is 243 Å². The second-order valence-electron chi connectivity index (χ2n) is 16.9. The van der Waals surface area contributed by atoms with Crippen molar-refractivity contribution in [2.45, 2.75) is 33.6 Å². The van der Waals surface area contributed by atoms with Crippen LogP contribution in [0.5, 0.6) is 5.75 Å². The molecule has 0 N–H and O–H groups in total. The summed E-state index contributed by atoms with van der Waals surface area (Å²) in [7, 11) is 1.64. The summed E-state index contributed by atoms with van der Waals surface area (Å²) < 4.78 is 176. The highest BCUT2D eigenvalue weighted by Crippen LogP contribution is 2.34. The highest BCUT2D eigenvalue weighted by molar-refractivity contribution is 5.79. The Bertz CT molecular complexity index is 1570. The molecule has 0 amide bonds. The quantitative estimate of drug-likeness (QED) is 0.0223. The number of carbonyl (C=O) groups excluding carboxylic acids is 2. The first-order valence-corrected chi connectivity index (χ1v) is 26.7. The molecule has 0 fully saturated rings. The fraction of sp³-hybridized carbons (Fsp3) is 0.846. The number of ether oxygens (including phenoxy) is 20. The zero-order chi connectivity index (χ0) is 57.7. The van der Waals surface area contributed by atoms with Gasteiger partial charge >= 0.3 is 11.9 Å². The fourth-order valence-electron chi connectivity index (χ4n) is 6.14. The van der Waals surface area contributed by atoms with E-state index in [0.29, 0.717) is 211 Å². The summed E-state index contributed by atoms with van der Waals surface area (Å²) >= 11 is 0. The molecular formula is C52H89F5O22. The lowest BCUT2D eigenvalue weighted by Gasteiger charge is -2.28. The molecule has 0 heterocycles. The second-order valence-corrected chi connectivity index (χ2v) is 16.9. The van der Waals surface area contributed by atoms with Crippen molar-refractivity contribution in [3.8, 4) is 5.75 Å². The van der Waals surface area contributed by atoms with Gasteiger partial charge in [-0.3, -0.25) is 9.59 Å². The smallest absolute Gasteiger partial charge is 0.314 e. The molecule has 2 atom stereocenters. The van der Waals surface area contributed by atoms with Crippen LogP contribution in [0.3, 0.4) is 0 Å². The Kier molecular flexibility index (Phi) is 49.8. The Labute approximate surface area is 462 Å². The molecule has 0 spiro atoms. The zero-order valence-corrected chi connectivity index (χ0v) is 46.8. The van der Waals surface area contributed by atoms with Crippen LogP contribution in [0.4, 0.5) is 22.0 Å². The van der Waals surface area contributed by atoms with Crippen LogP contribution in [0.25, 0.3) is 0 Å². The number of halogens is 5. The van der Waals surface area contributed by atoms with Crippen molar-refractivity contribution in [2.75, 3.05) is 245 Å². The molecule has 79 heavy (non-hydrogen) atoms. The van der Waals surface area contributed by atoms with Gasteiger partial charge in [0, 0.05) is 7.11 Å². The van der Waals surface area contributed by atoms with Crippen molar-refractivity contribution in [1.29, 1.82) is 0 Å². The Morgan fingerprint density at radius 1 is 0.354 bits per heavy atom. The molecule has 27 heteroatoms. The summed E-state index contributed by atoms with van der Waals surface area (Å²) in [5, 5.41) is 0. The van der Waals surface area contributed by atoms with Gasteiger partial charge in [-0.15, -0.1) is 0 Å². The third-order valence-corrected chi connectivity index (χ3v) is 10.6. The first-order chi connectivity index (χ1) is 38.5. The molecule has 0 aliphatic heterocycles. The molecule has 0 aliphatic carbocycles. The molecule has 0 saturated carbocycles. The van der Waals surface area contributed by atoms with Crippen LogP contribution in [0.15, 0.2) is 0 Å². The highest BCUT2D eigenvalue weighted by Gasteiger charge is 2.38. The van der Waals surface area contributed by atoms with Crippen LogP contribution in [-0.2, 0) is 99.6 Å². The lowest BCUT2D eigenvalue weighted by molar-refractivity contribution is -0.159.